The van der Waals surface area contributed by atoms with E-state index in [1.54, 1.807) is 42.5 Å². The molecular weight excluding hydrogens is 344 g/mol. The third-order valence-corrected chi connectivity index (χ3v) is 4.34. The van der Waals surface area contributed by atoms with Gasteiger partial charge in [0.15, 0.2) is 0 Å². The zero-order valence-electron chi connectivity index (χ0n) is 13.0. The number of hydrogen-bond acceptors (Lipinski definition) is 6. The van der Waals surface area contributed by atoms with Crippen LogP contribution in [0.15, 0.2) is 47.4 Å². The molecule has 0 radical (unpaired) electrons. The molecule has 2 amide bonds. The molecule has 3 rings (SSSR count). The van der Waals surface area contributed by atoms with E-state index in [0.29, 0.717) is 21.6 Å². The second-order valence-electron chi connectivity index (χ2n) is 5.09. The van der Waals surface area contributed by atoms with E-state index in [1.807, 2.05) is 0 Å². The highest BCUT2D eigenvalue weighted by molar-refractivity contribution is 8.18. The maximum atomic E-state index is 11.6. The van der Waals surface area contributed by atoms with Gasteiger partial charge in [-0.25, -0.2) is 0 Å². The molecular formula is C17H12N2O5S. The number of nitrogens with zero attached hydrogens (tertiary/aromatic N) is 1. The first-order valence-electron chi connectivity index (χ1n) is 7.16. The summed E-state index contributed by atoms with van der Waals surface area (Å²) in [5, 5.41) is 12.9. The van der Waals surface area contributed by atoms with Crippen LogP contribution in [0.2, 0.25) is 0 Å². The number of nitrogens with one attached hydrogen (secondary N) is 1. The topological polar surface area (TPSA) is 98.5 Å². The molecule has 0 spiro atoms. The number of imide groups is 1. The lowest BCUT2D eigenvalue weighted by molar-refractivity contribution is -0.385. The Morgan fingerprint density at radius 3 is 2.60 bits per heavy atom. The molecule has 0 saturated carbocycles. The van der Waals surface area contributed by atoms with Crippen LogP contribution >= 0.6 is 11.8 Å². The number of nitro benzene ring substituents is 1. The van der Waals surface area contributed by atoms with Gasteiger partial charge in [-0.15, -0.1) is 0 Å². The Bertz CT molecular complexity index is 923. The number of methoxy groups -OCH3 is 1. The van der Waals surface area contributed by atoms with Crippen molar-refractivity contribution >= 4 is 34.7 Å². The Morgan fingerprint density at radius 2 is 1.96 bits per heavy atom. The molecule has 126 valence electrons. The Balaban J connectivity index is 2.05. The summed E-state index contributed by atoms with van der Waals surface area (Å²) in [5.41, 5.74) is 1.83. The normalized spacial score (nSPS) is 15.3. The van der Waals surface area contributed by atoms with Gasteiger partial charge >= 0.3 is 5.69 Å². The summed E-state index contributed by atoms with van der Waals surface area (Å²) in [6, 6.07) is 11.8. The number of thioether (sulfide) groups is 1. The van der Waals surface area contributed by atoms with Gasteiger partial charge in [0.2, 0.25) is 5.75 Å². The van der Waals surface area contributed by atoms with Crippen LogP contribution in [0.3, 0.4) is 0 Å². The summed E-state index contributed by atoms with van der Waals surface area (Å²) < 4.78 is 5.23. The fourth-order valence-electron chi connectivity index (χ4n) is 2.48. The van der Waals surface area contributed by atoms with Crippen molar-refractivity contribution in [2.45, 2.75) is 0 Å². The van der Waals surface area contributed by atoms with Crippen molar-refractivity contribution in [1.29, 1.82) is 0 Å². The van der Waals surface area contributed by atoms with Crippen molar-refractivity contribution in [2.75, 3.05) is 7.11 Å². The third kappa shape index (κ3) is 3.38. The van der Waals surface area contributed by atoms with Gasteiger partial charge in [-0.2, -0.15) is 0 Å². The number of carbonyl (C=O) groups is 2. The average molecular weight is 356 g/mol. The average Bonchev–Trinajstić information content (AvgIpc) is 2.91. The second-order valence-corrected chi connectivity index (χ2v) is 6.11. The van der Waals surface area contributed by atoms with E-state index in [0.717, 1.165) is 11.8 Å². The van der Waals surface area contributed by atoms with Crippen molar-refractivity contribution in [3.8, 4) is 16.9 Å². The maximum absolute atomic E-state index is 11.6. The molecule has 1 saturated heterocycles. The highest BCUT2D eigenvalue weighted by Crippen LogP contribution is 2.38. The van der Waals surface area contributed by atoms with Gasteiger partial charge in [-0.1, -0.05) is 30.3 Å². The Kier molecular flexibility index (Phi) is 4.53. The molecule has 0 atom stereocenters. The van der Waals surface area contributed by atoms with E-state index in [2.05, 4.69) is 5.32 Å². The molecule has 7 nitrogen and oxygen atoms in total. The molecule has 8 heteroatoms. The highest BCUT2D eigenvalue weighted by atomic mass is 32.2. The van der Waals surface area contributed by atoms with Crippen LogP contribution in [0.4, 0.5) is 10.5 Å². The minimum absolute atomic E-state index is 0.125. The summed E-state index contributed by atoms with van der Waals surface area (Å²) in [4.78, 5) is 33.8. The number of para-hydroxylation sites is 1. The molecule has 0 bridgehead atoms. The SMILES string of the molecule is COc1c(-c2cccc(/C=C3/SC(=O)NC3=O)c2)cccc1[N+](=O)[O-]. The van der Waals surface area contributed by atoms with Crippen LogP contribution in [0, 0.1) is 10.1 Å². The van der Waals surface area contributed by atoms with Crippen LogP contribution in [0.25, 0.3) is 17.2 Å². The molecule has 25 heavy (non-hydrogen) atoms. The van der Waals surface area contributed by atoms with Crippen LogP contribution in [0.5, 0.6) is 5.75 Å². The number of rotatable bonds is 4. The number of hydrogen-bond donors (Lipinski definition) is 1. The fraction of sp³-hybridized carbons (Fsp3) is 0.0588. The minimum Gasteiger partial charge on any atom is -0.490 e. The predicted octanol–water partition coefficient (Wildman–Crippen LogP) is 3.59. The Labute approximate surface area is 146 Å². The summed E-state index contributed by atoms with van der Waals surface area (Å²) in [6.45, 7) is 0. The molecule has 1 fully saturated rings. The molecule has 0 aromatic heterocycles. The first-order valence-corrected chi connectivity index (χ1v) is 7.98. The van der Waals surface area contributed by atoms with E-state index < -0.39 is 16.1 Å². The number of benzene rings is 2. The summed E-state index contributed by atoms with van der Waals surface area (Å²) in [7, 11) is 1.38. The monoisotopic (exact) mass is 356 g/mol. The molecule has 2 aromatic carbocycles. The van der Waals surface area contributed by atoms with Crippen LogP contribution < -0.4 is 10.1 Å². The molecule has 1 heterocycles. The lowest BCUT2D eigenvalue weighted by Crippen LogP contribution is -2.17. The van der Waals surface area contributed by atoms with Crippen LogP contribution in [-0.2, 0) is 4.79 Å². The molecule has 0 aliphatic carbocycles. The van der Waals surface area contributed by atoms with Gasteiger partial charge in [0.05, 0.1) is 16.9 Å². The van der Waals surface area contributed by atoms with E-state index in [9.17, 15) is 19.7 Å². The van der Waals surface area contributed by atoms with Gasteiger partial charge in [-0.05, 0) is 35.0 Å². The zero-order valence-corrected chi connectivity index (χ0v) is 13.8. The van der Waals surface area contributed by atoms with Crippen molar-refractivity contribution < 1.29 is 19.2 Å². The van der Waals surface area contributed by atoms with Gasteiger partial charge in [-0.3, -0.25) is 25.0 Å². The molecule has 1 aliphatic heterocycles. The first-order chi connectivity index (χ1) is 12.0. The smallest absolute Gasteiger partial charge is 0.311 e. The van der Waals surface area contributed by atoms with Crippen molar-refractivity contribution in [2.24, 2.45) is 0 Å². The molecule has 0 unspecified atom stereocenters. The minimum atomic E-state index is -0.501. The largest absolute Gasteiger partial charge is 0.490 e. The Morgan fingerprint density at radius 1 is 1.20 bits per heavy atom. The van der Waals surface area contributed by atoms with Crippen molar-refractivity contribution in [3.05, 3.63) is 63.0 Å². The maximum Gasteiger partial charge on any atom is 0.311 e. The van der Waals surface area contributed by atoms with Crippen molar-refractivity contribution in [1.82, 2.24) is 5.32 Å². The van der Waals surface area contributed by atoms with E-state index in [4.69, 9.17) is 4.74 Å². The quantitative estimate of drug-likeness (QED) is 0.511. The van der Waals surface area contributed by atoms with E-state index >= 15 is 0 Å². The fourth-order valence-corrected chi connectivity index (χ4v) is 3.16. The highest BCUT2D eigenvalue weighted by Gasteiger charge is 2.25. The standard InChI is InChI=1S/C17H12N2O5S/c1-24-15-12(6-3-7-13(15)19(22)23)11-5-2-4-10(8-11)9-14-16(20)18-17(21)25-14/h2-9H,1H3,(H,18,20,21)/b14-9+. The van der Waals surface area contributed by atoms with Crippen molar-refractivity contribution in [3.63, 3.8) is 0 Å². The van der Waals surface area contributed by atoms with Gasteiger partial charge < -0.3 is 4.74 Å². The Hall–Kier alpha value is -3.13. The number of nitro groups is 1. The lowest BCUT2D eigenvalue weighted by Gasteiger charge is -2.09. The summed E-state index contributed by atoms with van der Waals surface area (Å²) in [6.07, 6.45) is 1.60. The van der Waals surface area contributed by atoms with Gasteiger partial charge in [0.25, 0.3) is 11.1 Å². The zero-order chi connectivity index (χ0) is 18.0. The molecule has 1 aliphatic rings. The second kappa shape index (κ2) is 6.78. The number of amides is 2. The molecule has 1 N–H and O–H groups in total. The van der Waals surface area contributed by atoms with Gasteiger partial charge in [0, 0.05) is 11.6 Å². The van der Waals surface area contributed by atoms with Crippen LogP contribution in [0.1, 0.15) is 5.56 Å². The predicted molar refractivity (Wildman–Crippen MR) is 94.2 cm³/mol. The first kappa shape index (κ1) is 16.7. The number of carbonyl (C=O) groups excluding carboxylic acids is 2. The summed E-state index contributed by atoms with van der Waals surface area (Å²) >= 11 is 0.832. The summed E-state index contributed by atoms with van der Waals surface area (Å²) in [5.74, 6) is -0.270. The van der Waals surface area contributed by atoms with E-state index in [1.165, 1.54) is 13.2 Å². The van der Waals surface area contributed by atoms with Crippen LogP contribution in [-0.4, -0.2) is 23.2 Å². The number of ether oxygens (including phenoxy) is 1. The molecule has 2 aromatic rings. The lowest BCUT2D eigenvalue weighted by atomic mass is 10.0. The third-order valence-electron chi connectivity index (χ3n) is 3.53. The van der Waals surface area contributed by atoms with E-state index in [-0.39, 0.29) is 11.4 Å². The van der Waals surface area contributed by atoms with Gasteiger partial charge in [0.1, 0.15) is 0 Å².